The molecule has 4 nitrogen and oxygen atoms in total. The summed E-state index contributed by atoms with van der Waals surface area (Å²) in [6, 6.07) is 4.30. The van der Waals surface area contributed by atoms with Gasteiger partial charge in [0.05, 0.1) is 6.04 Å². The lowest BCUT2D eigenvalue weighted by atomic mass is 10.0. The predicted octanol–water partition coefficient (Wildman–Crippen LogP) is 2.63. The molecule has 0 aliphatic carbocycles. The van der Waals surface area contributed by atoms with Crippen LogP contribution in [0.5, 0.6) is 0 Å². The Bertz CT molecular complexity index is 394. The van der Waals surface area contributed by atoms with Gasteiger partial charge in [-0.15, -0.1) is 0 Å². The molecular formula is C16H27N3O. The van der Waals surface area contributed by atoms with Gasteiger partial charge in [-0.3, -0.25) is 9.47 Å². The number of carbonyl (C=O) groups is 1. The third-order valence-corrected chi connectivity index (χ3v) is 4.13. The van der Waals surface area contributed by atoms with Gasteiger partial charge in [0.1, 0.15) is 0 Å². The van der Waals surface area contributed by atoms with Crippen molar-refractivity contribution < 1.29 is 4.79 Å². The van der Waals surface area contributed by atoms with E-state index in [1.54, 1.807) is 0 Å². The maximum absolute atomic E-state index is 12.3. The van der Waals surface area contributed by atoms with E-state index in [-0.39, 0.29) is 5.91 Å². The van der Waals surface area contributed by atoms with Crippen LogP contribution in [0.25, 0.3) is 0 Å². The maximum atomic E-state index is 12.3. The zero-order chi connectivity index (χ0) is 14.4. The van der Waals surface area contributed by atoms with Crippen molar-refractivity contribution in [3.8, 4) is 0 Å². The molecule has 2 heterocycles. The summed E-state index contributed by atoms with van der Waals surface area (Å²) < 4.78 is 1.96. The first-order chi connectivity index (χ1) is 9.76. The van der Waals surface area contributed by atoms with Gasteiger partial charge in [0.15, 0.2) is 0 Å². The number of carbonyl (C=O) groups excluding carboxylic acids is 1. The second-order valence-electron chi connectivity index (χ2n) is 5.58. The first-order valence-corrected chi connectivity index (χ1v) is 7.94. The van der Waals surface area contributed by atoms with E-state index >= 15 is 0 Å². The summed E-state index contributed by atoms with van der Waals surface area (Å²) in [5.41, 5.74) is 0. The molecule has 0 bridgehead atoms. The molecule has 0 radical (unpaired) electrons. The number of amides is 1. The maximum Gasteiger partial charge on any atom is 0.241 e. The van der Waals surface area contributed by atoms with Crippen LogP contribution in [0, 0.1) is 0 Å². The summed E-state index contributed by atoms with van der Waals surface area (Å²) in [5.74, 6) is 0.216. The molecule has 0 N–H and O–H groups in total. The summed E-state index contributed by atoms with van der Waals surface area (Å²) in [4.78, 5) is 14.8. The summed E-state index contributed by atoms with van der Waals surface area (Å²) >= 11 is 0. The van der Waals surface area contributed by atoms with Gasteiger partial charge in [-0.25, -0.2) is 5.01 Å². The van der Waals surface area contributed by atoms with Crippen LogP contribution in [-0.2, 0) is 4.79 Å². The number of hydrogen-bond donors (Lipinski definition) is 0. The molecule has 1 fully saturated rings. The minimum atomic E-state index is 0.216. The smallest absolute Gasteiger partial charge is 0.241 e. The number of hydrogen-bond acceptors (Lipinski definition) is 2. The molecule has 112 valence electrons. The number of nitrogens with zero attached hydrogens (tertiary/aromatic N) is 3. The van der Waals surface area contributed by atoms with E-state index in [1.807, 2.05) is 41.1 Å². The van der Waals surface area contributed by atoms with Crippen LogP contribution in [0.15, 0.2) is 24.5 Å². The van der Waals surface area contributed by atoms with Gasteiger partial charge in [0, 0.05) is 31.9 Å². The molecule has 0 atom stereocenters. The van der Waals surface area contributed by atoms with Crippen molar-refractivity contribution in [1.82, 2.24) is 9.58 Å². The highest BCUT2D eigenvalue weighted by atomic mass is 16.2. The van der Waals surface area contributed by atoms with E-state index < -0.39 is 0 Å². The lowest BCUT2D eigenvalue weighted by Crippen LogP contribution is -2.52. The fourth-order valence-electron chi connectivity index (χ4n) is 2.92. The Hall–Kier alpha value is -1.29. The summed E-state index contributed by atoms with van der Waals surface area (Å²) in [7, 11) is 0. The number of rotatable bonds is 6. The lowest BCUT2D eigenvalue weighted by Gasteiger charge is -2.38. The zero-order valence-electron chi connectivity index (χ0n) is 12.8. The van der Waals surface area contributed by atoms with Crippen LogP contribution >= 0.6 is 0 Å². The van der Waals surface area contributed by atoms with Crippen molar-refractivity contribution in [3.05, 3.63) is 24.5 Å². The van der Waals surface area contributed by atoms with Gasteiger partial charge in [0.2, 0.25) is 5.91 Å². The first-order valence-electron chi connectivity index (χ1n) is 7.94. The molecule has 0 spiro atoms. The van der Waals surface area contributed by atoms with Crippen molar-refractivity contribution in [1.29, 1.82) is 0 Å². The zero-order valence-corrected chi connectivity index (χ0v) is 12.8. The van der Waals surface area contributed by atoms with E-state index in [0.717, 1.165) is 25.9 Å². The van der Waals surface area contributed by atoms with Crippen molar-refractivity contribution in [2.75, 3.05) is 24.6 Å². The minimum Gasteiger partial charge on any atom is -0.303 e. The summed E-state index contributed by atoms with van der Waals surface area (Å²) in [6.45, 7) is 7.60. The number of likely N-dealkylation sites (tertiary alicyclic amines) is 1. The van der Waals surface area contributed by atoms with Crippen LogP contribution in [0.1, 0.15) is 46.0 Å². The van der Waals surface area contributed by atoms with Crippen LogP contribution in [0.3, 0.4) is 0 Å². The van der Waals surface area contributed by atoms with Gasteiger partial charge in [-0.05, 0) is 37.9 Å². The van der Waals surface area contributed by atoms with Gasteiger partial charge in [-0.1, -0.05) is 20.3 Å². The first kappa shape index (κ1) is 15.1. The van der Waals surface area contributed by atoms with Crippen LogP contribution in [0.4, 0.5) is 0 Å². The molecule has 4 heteroatoms. The largest absolute Gasteiger partial charge is 0.303 e. The Morgan fingerprint density at radius 2 is 1.85 bits per heavy atom. The number of unbranched alkanes of at least 4 members (excludes halogenated alkanes) is 1. The molecule has 20 heavy (non-hydrogen) atoms. The number of piperidine rings is 1. The Morgan fingerprint density at radius 1 is 1.20 bits per heavy atom. The molecule has 1 amide bonds. The second kappa shape index (κ2) is 7.48. The Balaban J connectivity index is 1.96. The molecule has 0 saturated carbocycles. The van der Waals surface area contributed by atoms with Crippen molar-refractivity contribution >= 4 is 5.91 Å². The fourth-order valence-corrected chi connectivity index (χ4v) is 2.92. The molecule has 0 aromatic carbocycles. The average Bonchev–Trinajstić information content (AvgIpc) is 3.00. The quantitative estimate of drug-likeness (QED) is 0.799. The topological polar surface area (TPSA) is 28.5 Å². The van der Waals surface area contributed by atoms with Crippen molar-refractivity contribution in [2.45, 2.75) is 52.0 Å². The normalized spacial score (nSPS) is 17.3. The Morgan fingerprint density at radius 3 is 2.40 bits per heavy atom. The monoisotopic (exact) mass is 277 g/mol. The molecule has 2 rings (SSSR count). The van der Waals surface area contributed by atoms with Gasteiger partial charge in [-0.2, -0.15) is 0 Å². The molecular weight excluding hydrogens is 250 g/mol. The van der Waals surface area contributed by atoms with Gasteiger partial charge < -0.3 is 4.90 Å². The summed E-state index contributed by atoms with van der Waals surface area (Å²) in [5, 5.41) is 1.96. The van der Waals surface area contributed by atoms with Gasteiger partial charge >= 0.3 is 0 Å². The third-order valence-electron chi connectivity index (χ3n) is 4.13. The van der Waals surface area contributed by atoms with E-state index in [9.17, 15) is 4.79 Å². The third kappa shape index (κ3) is 3.63. The highest BCUT2D eigenvalue weighted by molar-refractivity contribution is 5.86. The Labute approximate surface area is 122 Å². The predicted molar refractivity (Wildman–Crippen MR) is 82.3 cm³/mol. The van der Waals surface area contributed by atoms with Gasteiger partial charge in [0.25, 0.3) is 0 Å². The molecule has 1 aliphatic rings. The fraction of sp³-hybridized carbons (Fsp3) is 0.688. The van der Waals surface area contributed by atoms with Crippen LogP contribution in [0.2, 0.25) is 0 Å². The SMILES string of the molecule is CCCCN1CCC(N(C(=O)CC)n2cccc2)CC1. The second-order valence-corrected chi connectivity index (χ2v) is 5.58. The van der Waals surface area contributed by atoms with E-state index in [0.29, 0.717) is 12.5 Å². The molecule has 1 saturated heterocycles. The van der Waals surface area contributed by atoms with Crippen molar-refractivity contribution in [2.24, 2.45) is 0 Å². The number of aromatic nitrogens is 1. The molecule has 0 unspecified atom stereocenters. The average molecular weight is 277 g/mol. The minimum absolute atomic E-state index is 0.216. The van der Waals surface area contributed by atoms with Crippen LogP contribution in [-0.4, -0.2) is 41.2 Å². The molecule has 1 aromatic heterocycles. The summed E-state index contributed by atoms with van der Waals surface area (Å²) in [6.07, 6.45) is 9.19. The lowest BCUT2D eigenvalue weighted by molar-refractivity contribution is -0.120. The molecule has 1 aromatic rings. The van der Waals surface area contributed by atoms with E-state index in [1.165, 1.54) is 19.4 Å². The highest BCUT2D eigenvalue weighted by Crippen LogP contribution is 2.17. The van der Waals surface area contributed by atoms with E-state index in [2.05, 4.69) is 11.8 Å². The van der Waals surface area contributed by atoms with E-state index in [4.69, 9.17) is 0 Å². The van der Waals surface area contributed by atoms with Crippen LogP contribution < -0.4 is 5.01 Å². The highest BCUT2D eigenvalue weighted by Gasteiger charge is 2.27. The molecule has 1 aliphatic heterocycles. The van der Waals surface area contributed by atoms with Crippen molar-refractivity contribution in [3.63, 3.8) is 0 Å². The standard InChI is InChI=1S/C16H27N3O/c1-3-5-10-17-13-8-15(9-14-17)19(16(20)4-2)18-11-6-7-12-18/h6-7,11-12,15H,3-5,8-10,13-14H2,1-2H3. The Kier molecular flexibility index (Phi) is 5.65.